The Hall–Kier alpha value is -1.89. The first kappa shape index (κ1) is 17.0. The molecule has 3 heterocycles. The van der Waals surface area contributed by atoms with Crippen molar-refractivity contribution in [3.8, 4) is 0 Å². The fourth-order valence-corrected chi connectivity index (χ4v) is 3.09. The topological polar surface area (TPSA) is 82.4 Å². The number of carbonyl (C=O) groups excluding carboxylic acids is 2. The van der Waals surface area contributed by atoms with Crippen LogP contribution in [-0.2, 0) is 27.2 Å². The summed E-state index contributed by atoms with van der Waals surface area (Å²) < 4.78 is 12.8. The third kappa shape index (κ3) is 3.61. The standard InChI is InChI=1S/C17H25N3O4/c1-17(2,3)24-16(22)13-14(18-12-8-4-5-9-20(12)13)19-15(21)11-7-6-10-23-11/h11H,4-10H2,1-3H3,(H,19,21)/t11-/m1/s1. The summed E-state index contributed by atoms with van der Waals surface area (Å²) in [5, 5.41) is 2.78. The van der Waals surface area contributed by atoms with Crippen LogP contribution < -0.4 is 5.32 Å². The van der Waals surface area contributed by atoms with Crippen molar-refractivity contribution in [3.63, 3.8) is 0 Å². The van der Waals surface area contributed by atoms with E-state index in [9.17, 15) is 9.59 Å². The molecule has 2 aliphatic rings. The predicted octanol–water partition coefficient (Wildman–Crippen LogP) is 2.29. The van der Waals surface area contributed by atoms with E-state index >= 15 is 0 Å². The van der Waals surface area contributed by atoms with E-state index in [4.69, 9.17) is 9.47 Å². The van der Waals surface area contributed by atoms with Crippen LogP contribution in [0.5, 0.6) is 0 Å². The van der Waals surface area contributed by atoms with Crippen molar-refractivity contribution in [2.75, 3.05) is 11.9 Å². The lowest BCUT2D eigenvalue weighted by Gasteiger charge is -2.21. The third-order valence-electron chi connectivity index (χ3n) is 4.13. The molecular weight excluding hydrogens is 310 g/mol. The molecule has 0 bridgehead atoms. The van der Waals surface area contributed by atoms with Crippen LogP contribution in [0.15, 0.2) is 0 Å². The highest BCUT2D eigenvalue weighted by molar-refractivity contribution is 6.00. The van der Waals surface area contributed by atoms with Crippen LogP contribution in [0.3, 0.4) is 0 Å². The minimum Gasteiger partial charge on any atom is -0.455 e. The number of amides is 1. The van der Waals surface area contributed by atoms with Crippen molar-refractivity contribution < 1.29 is 19.1 Å². The van der Waals surface area contributed by atoms with Gasteiger partial charge in [-0.2, -0.15) is 0 Å². The first-order valence-corrected chi connectivity index (χ1v) is 8.60. The number of nitrogens with zero attached hydrogens (tertiary/aromatic N) is 2. The highest BCUT2D eigenvalue weighted by atomic mass is 16.6. The summed E-state index contributed by atoms with van der Waals surface area (Å²) in [6.45, 7) is 6.78. The van der Waals surface area contributed by atoms with Gasteiger partial charge in [0.2, 0.25) is 0 Å². The number of rotatable bonds is 3. The molecule has 0 saturated carbocycles. The fourth-order valence-electron chi connectivity index (χ4n) is 3.09. The Morgan fingerprint density at radius 3 is 2.75 bits per heavy atom. The van der Waals surface area contributed by atoms with Gasteiger partial charge in [0, 0.05) is 19.6 Å². The number of ether oxygens (including phenoxy) is 2. The Balaban J connectivity index is 1.88. The maximum absolute atomic E-state index is 12.7. The van der Waals surface area contributed by atoms with Gasteiger partial charge in [-0.1, -0.05) is 0 Å². The lowest BCUT2D eigenvalue weighted by molar-refractivity contribution is -0.124. The van der Waals surface area contributed by atoms with Crippen LogP contribution in [0.25, 0.3) is 0 Å². The molecule has 7 nitrogen and oxygen atoms in total. The van der Waals surface area contributed by atoms with Crippen LogP contribution in [0.1, 0.15) is 62.8 Å². The van der Waals surface area contributed by atoms with E-state index in [1.54, 1.807) is 0 Å². The zero-order chi connectivity index (χ0) is 17.3. The quantitative estimate of drug-likeness (QED) is 0.857. The van der Waals surface area contributed by atoms with Crippen molar-refractivity contribution in [1.29, 1.82) is 0 Å². The van der Waals surface area contributed by atoms with Crippen LogP contribution in [0, 0.1) is 0 Å². The number of hydrogen-bond acceptors (Lipinski definition) is 5. The average molecular weight is 335 g/mol. The van der Waals surface area contributed by atoms with Crippen LogP contribution in [0.4, 0.5) is 5.82 Å². The molecule has 1 aromatic rings. The van der Waals surface area contributed by atoms with E-state index in [1.165, 1.54) is 0 Å². The summed E-state index contributed by atoms with van der Waals surface area (Å²) in [7, 11) is 0. The van der Waals surface area contributed by atoms with Gasteiger partial charge >= 0.3 is 5.97 Å². The summed E-state index contributed by atoms with van der Waals surface area (Å²) in [6.07, 6.45) is 3.92. The second-order valence-corrected chi connectivity index (χ2v) is 7.33. The van der Waals surface area contributed by atoms with E-state index in [-0.39, 0.29) is 5.91 Å². The molecule has 1 fully saturated rings. The van der Waals surface area contributed by atoms with Crippen molar-refractivity contribution in [2.24, 2.45) is 0 Å². The number of imidazole rings is 1. The number of aromatic nitrogens is 2. The minimum absolute atomic E-state index is 0.243. The van der Waals surface area contributed by atoms with E-state index in [0.717, 1.165) is 31.5 Å². The average Bonchev–Trinajstić information content (AvgIpc) is 3.12. The van der Waals surface area contributed by atoms with Gasteiger partial charge in [-0.3, -0.25) is 4.79 Å². The predicted molar refractivity (Wildman–Crippen MR) is 87.9 cm³/mol. The maximum atomic E-state index is 12.7. The molecule has 0 radical (unpaired) electrons. The number of nitrogens with one attached hydrogen (secondary N) is 1. The van der Waals surface area contributed by atoms with Gasteiger partial charge in [-0.05, 0) is 46.5 Å². The molecule has 7 heteroatoms. The molecular formula is C17H25N3O4. The lowest BCUT2D eigenvalue weighted by atomic mass is 10.1. The molecule has 1 saturated heterocycles. The van der Waals surface area contributed by atoms with Crippen molar-refractivity contribution in [3.05, 3.63) is 11.5 Å². The van der Waals surface area contributed by atoms with Crippen LogP contribution in [-0.4, -0.2) is 39.7 Å². The fraction of sp³-hybridized carbons (Fsp3) is 0.706. The summed E-state index contributed by atoms with van der Waals surface area (Å²) in [6, 6.07) is 0. The second kappa shape index (κ2) is 6.55. The maximum Gasteiger partial charge on any atom is 0.359 e. The molecule has 1 aromatic heterocycles. The van der Waals surface area contributed by atoms with Gasteiger partial charge < -0.3 is 19.4 Å². The summed E-state index contributed by atoms with van der Waals surface area (Å²) in [4.78, 5) is 29.5. The highest BCUT2D eigenvalue weighted by Crippen LogP contribution is 2.26. The number of fused-ring (bicyclic) bond motifs is 1. The molecule has 132 valence electrons. The molecule has 3 rings (SSSR count). The van der Waals surface area contributed by atoms with E-state index in [0.29, 0.717) is 31.1 Å². The summed E-state index contributed by atoms with van der Waals surface area (Å²) in [5.41, 5.74) is -0.266. The van der Waals surface area contributed by atoms with Gasteiger partial charge in [0.15, 0.2) is 11.5 Å². The summed E-state index contributed by atoms with van der Waals surface area (Å²) >= 11 is 0. The number of aryl methyl sites for hydroxylation is 1. The van der Waals surface area contributed by atoms with Crippen molar-refractivity contribution >= 4 is 17.7 Å². The third-order valence-corrected chi connectivity index (χ3v) is 4.13. The molecule has 0 aliphatic carbocycles. The molecule has 1 atom stereocenters. The van der Waals surface area contributed by atoms with Crippen LogP contribution in [0.2, 0.25) is 0 Å². The van der Waals surface area contributed by atoms with E-state index in [2.05, 4.69) is 10.3 Å². The van der Waals surface area contributed by atoms with Gasteiger partial charge in [0.05, 0.1) is 0 Å². The minimum atomic E-state index is -0.605. The van der Waals surface area contributed by atoms with Gasteiger partial charge in [-0.15, -0.1) is 0 Å². The molecule has 1 amide bonds. The Bertz CT molecular complexity index is 639. The van der Waals surface area contributed by atoms with Crippen LogP contribution >= 0.6 is 0 Å². The van der Waals surface area contributed by atoms with E-state index in [1.807, 2.05) is 25.3 Å². The van der Waals surface area contributed by atoms with Gasteiger partial charge in [-0.25, -0.2) is 9.78 Å². The number of esters is 1. The van der Waals surface area contributed by atoms with Gasteiger partial charge in [0.25, 0.3) is 5.91 Å². The normalized spacial score (nSPS) is 20.5. The first-order valence-electron chi connectivity index (χ1n) is 8.60. The Morgan fingerprint density at radius 2 is 2.08 bits per heavy atom. The SMILES string of the molecule is CC(C)(C)OC(=O)c1c(NC(=O)[C@H]2CCCO2)nc2n1CCCC2. The Labute approximate surface area is 141 Å². The summed E-state index contributed by atoms with van der Waals surface area (Å²) in [5.74, 6) is 0.421. The van der Waals surface area contributed by atoms with Gasteiger partial charge in [0.1, 0.15) is 17.5 Å². The number of carbonyl (C=O) groups is 2. The Kier molecular flexibility index (Phi) is 4.62. The van der Waals surface area contributed by atoms with Crippen molar-refractivity contribution in [2.45, 2.75) is 71.1 Å². The first-order chi connectivity index (χ1) is 11.3. The molecule has 2 aliphatic heterocycles. The lowest BCUT2D eigenvalue weighted by Crippen LogP contribution is -2.30. The Morgan fingerprint density at radius 1 is 1.29 bits per heavy atom. The monoisotopic (exact) mass is 335 g/mol. The van der Waals surface area contributed by atoms with Crippen molar-refractivity contribution in [1.82, 2.24) is 9.55 Å². The number of hydrogen-bond donors (Lipinski definition) is 1. The highest BCUT2D eigenvalue weighted by Gasteiger charge is 2.31. The largest absolute Gasteiger partial charge is 0.455 e. The number of anilines is 1. The molecule has 0 unspecified atom stereocenters. The zero-order valence-corrected chi connectivity index (χ0v) is 14.6. The molecule has 1 N–H and O–H groups in total. The molecule has 0 aromatic carbocycles. The molecule has 0 spiro atoms. The molecule has 24 heavy (non-hydrogen) atoms. The van der Waals surface area contributed by atoms with E-state index < -0.39 is 17.7 Å². The smallest absolute Gasteiger partial charge is 0.359 e. The zero-order valence-electron chi connectivity index (χ0n) is 14.6. The second-order valence-electron chi connectivity index (χ2n) is 7.33.